The normalized spacial score (nSPS) is 20.0. The van der Waals surface area contributed by atoms with Crippen LogP contribution in [0.4, 0.5) is 8.78 Å². The molecule has 160 valence electrons. The maximum absolute atomic E-state index is 13.2. The number of carbonyl (C=O) groups is 1. The number of aromatic amines is 1. The number of alkyl halides is 2. The number of amides is 1. The van der Waals surface area contributed by atoms with Crippen molar-refractivity contribution in [1.82, 2.24) is 29.8 Å². The third kappa shape index (κ3) is 4.20. The third-order valence-corrected chi connectivity index (χ3v) is 5.93. The summed E-state index contributed by atoms with van der Waals surface area (Å²) in [5.74, 6) is 0.384. The fourth-order valence-corrected chi connectivity index (χ4v) is 4.19. The highest BCUT2D eigenvalue weighted by Gasteiger charge is 2.34. The first-order valence-electron chi connectivity index (χ1n) is 10.3. The van der Waals surface area contributed by atoms with E-state index in [-0.39, 0.29) is 23.6 Å². The van der Waals surface area contributed by atoms with Crippen molar-refractivity contribution in [3.05, 3.63) is 36.7 Å². The lowest BCUT2D eigenvalue weighted by Crippen LogP contribution is -2.39. The number of hydrogen-bond donors (Lipinski definition) is 2. The van der Waals surface area contributed by atoms with E-state index in [0.717, 1.165) is 25.7 Å². The molecule has 7 nitrogen and oxygen atoms in total. The van der Waals surface area contributed by atoms with Gasteiger partial charge in [-0.05, 0) is 44.1 Å². The highest BCUT2D eigenvalue weighted by Crippen LogP contribution is 2.38. The zero-order chi connectivity index (χ0) is 21.3. The molecule has 0 unspecified atom stereocenters. The number of aromatic nitrogens is 5. The second kappa shape index (κ2) is 8.12. The third-order valence-electron chi connectivity index (χ3n) is 5.93. The van der Waals surface area contributed by atoms with Gasteiger partial charge in [-0.1, -0.05) is 13.8 Å². The maximum Gasteiger partial charge on any atom is 0.272 e. The van der Waals surface area contributed by atoms with Crippen molar-refractivity contribution in [3.8, 4) is 5.95 Å². The molecule has 3 heterocycles. The second-order valence-corrected chi connectivity index (χ2v) is 8.76. The molecule has 0 atom stereocenters. The Hall–Kier alpha value is -2.84. The Kier molecular flexibility index (Phi) is 5.53. The van der Waals surface area contributed by atoms with Crippen LogP contribution in [0.25, 0.3) is 17.0 Å². The number of rotatable bonds is 6. The Morgan fingerprint density at radius 1 is 1.30 bits per heavy atom. The predicted molar refractivity (Wildman–Crippen MR) is 109 cm³/mol. The van der Waals surface area contributed by atoms with E-state index < -0.39 is 11.8 Å². The van der Waals surface area contributed by atoms with Crippen LogP contribution in [-0.4, -0.2) is 42.9 Å². The molecule has 0 spiro atoms. The van der Waals surface area contributed by atoms with Crippen LogP contribution in [-0.2, 0) is 0 Å². The SMILES string of the molecule is CC(C)(CC1CCC(NC(=O)c2nc(-n3ccnc3)nc3cc[nH]c23)CC1)C(F)F. The van der Waals surface area contributed by atoms with Crippen LogP contribution in [0.1, 0.15) is 56.4 Å². The number of nitrogens with one attached hydrogen (secondary N) is 2. The number of hydrogen-bond acceptors (Lipinski definition) is 4. The van der Waals surface area contributed by atoms with E-state index in [9.17, 15) is 13.6 Å². The van der Waals surface area contributed by atoms with Crippen molar-refractivity contribution in [2.45, 2.75) is 58.4 Å². The smallest absolute Gasteiger partial charge is 0.272 e. The van der Waals surface area contributed by atoms with Crippen LogP contribution in [0.5, 0.6) is 0 Å². The van der Waals surface area contributed by atoms with Gasteiger partial charge in [-0.3, -0.25) is 9.36 Å². The number of halogens is 2. The van der Waals surface area contributed by atoms with Gasteiger partial charge in [0, 0.05) is 30.0 Å². The lowest BCUT2D eigenvalue weighted by molar-refractivity contribution is -0.00110. The van der Waals surface area contributed by atoms with Crippen molar-refractivity contribution in [2.75, 3.05) is 0 Å². The van der Waals surface area contributed by atoms with Gasteiger partial charge in [-0.25, -0.2) is 23.7 Å². The molecule has 9 heteroatoms. The summed E-state index contributed by atoms with van der Waals surface area (Å²) in [5, 5.41) is 3.07. The Morgan fingerprint density at radius 2 is 2.07 bits per heavy atom. The van der Waals surface area contributed by atoms with Gasteiger partial charge in [0.1, 0.15) is 6.33 Å². The lowest BCUT2D eigenvalue weighted by Gasteiger charge is -2.34. The minimum absolute atomic E-state index is 0.0140. The summed E-state index contributed by atoms with van der Waals surface area (Å²) in [5.41, 5.74) is 0.556. The molecule has 1 amide bonds. The second-order valence-electron chi connectivity index (χ2n) is 8.76. The average molecular weight is 416 g/mol. The lowest BCUT2D eigenvalue weighted by atomic mass is 9.75. The average Bonchev–Trinajstić information content (AvgIpc) is 3.40. The molecule has 0 bridgehead atoms. The van der Waals surface area contributed by atoms with Crippen LogP contribution in [0, 0.1) is 11.3 Å². The number of carbonyl (C=O) groups excluding carboxylic acids is 1. The van der Waals surface area contributed by atoms with Gasteiger partial charge in [0.2, 0.25) is 12.4 Å². The standard InChI is InChI=1S/C21H26F2N6O/c1-21(2,19(22)23)11-13-3-5-14(6-4-13)26-18(30)17-16-15(7-8-25-16)27-20(28-17)29-10-9-24-12-29/h7-10,12-14,19,25H,3-6,11H2,1-2H3,(H,26,30). The van der Waals surface area contributed by atoms with Gasteiger partial charge < -0.3 is 10.3 Å². The zero-order valence-corrected chi connectivity index (χ0v) is 17.1. The molecule has 30 heavy (non-hydrogen) atoms. The van der Waals surface area contributed by atoms with Crippen molar-refractivity contribution in [1.29, 1.82) is 0 Å². The molecule has 0 aromatic carbocycles. The molecule has 3 aromatic rings. The minimum Gasteiger partial charge on any atom is -0.358 e. The first kappa shape index (κ1) is 20.4. The van der Waals surface area contributed by atoms with Crippen molar-refractivity contribution in [3.63, 3.8) is 0 Å². The van der Waals surface area contributed by atoms with Crippen molar-refractivity contribution >= 4 is 16.9 Å². The maximum atomic E-state index is 13.2. The Labute approximate surface area is 173 Å². The van der Waals surface area contributed by atoms with Gasteiger partial charge in [0.05, 0.1) is 11.0 Å². The molecule has 1 aliphatic rings. The van der Waals surface area contributed by atoms with E-state index in [1.54, 1.807) is 49.4 Å². The fraction of sp³-hybridized carbons (Fsp3) is 0.524. The Bertz CT molecular complexity index is 1010. The summed E-state index contributed by atoms with van der Waals surface area (Å²) in [4.78, 5) is 29.0. The van der Waals surface area contributed by atoms with E-state index in [2.05, 4.69) is 25.3 Å². The minimum atomic E-state index is -2.32. The van der Waals surface area contributed by atoms with E-state index in [4.69, 9.17) is 0 Å². The molecule has 2 N–H and O–H groups in total. The van der Waals surface area contributed by atoms with Crippen molar-refractivity contribution < 1.29 is 13.6 Å². The summed E-state index contributed by atoms with van der Waals surface area (Å²) >= 11 is 0. The topological polar surface area (TPSA) is 88.5 Å². The molecular weight excluding hydrogens is 390 g/mol. The van der Waals surface area contributed by atoms with Crippen LogP contribution in [0.2, 0.25) is 0 Å². The highest BCUT2D eigenvalue weighted by atomic mass is 19.3. The summed E-state index contributed by atoms with van der Waals surface area (Å²) < 4.78 is 28.0. The van der Waals surface area contributed by atoms with Gasteiger partial charge in [0.15, 0.2) is 5.69 Å². The predicted octanol–water partition coefficient (Wildman–Crippen LogP) is 4.11. The molecule has 1 aliphatic carbocycles. The summed E-state index contributed by atoms with van der Waals surface area (Å²) in [6.07, 6.45) is 8.07. The molecule has 3 aromatic heterocycles. The zero-order valence-electron chi connectivity index (χ0n) is 17.1. The van der Waals surface area contributed by atoms with Crippen LogP contribution in [0.15, 0.2) is 31.0 Å². The number of imidazole rings is 1. The van der Waals surface area contributed by atoms with Crippen LogP contribution >= 0.6 is 0 Å². The van der Waals surface area contributed by atoms with Crippen LogP contribution in [0.3, 0.4) is 0 Å². The Balaban J connectivity index is 1.44. The van der Waals surface area contributed by atoms with Gasteiger partial charge >= 0.3 is 0 Å². The highest BCUT2D eigenvalue weighted by molar-refractivity contribution is 6.03. The van der Waals surface area contributed by atoms with E-state index in [1.807, 2.05) is 0 Å². The molecule has 1 saturated carbocycles. The van der Waals surface area contributed by atoms with Crippen LogP contribution < -0.4 is 5.32 Å². The first-order chi connectivity index (χ1) is 14.3. The van der Waals surface area contributed by atoms with E-state index in [0.29, 0.717) is 23.4 Å². The van der Waals surface area contributed by atoms with Gasteiger partial charge in [0.25, 0.3) is 5.91 Å². The van der Waals surface area contributed by atoms with E-state index >= 15 is 0 Å². The fourth-order valence-electron chi connectivity index (χ4n) is 4.19. The molecule has 4 rings (SSSR count). The number of fused-ring (bicyclic) bond motifs is 1. The van der Waals surface area contributed by atoms with Gasteiger partial charge in [-0.15, -0.1) is 0 Å². The summed E-state index contributed by atoms with van der Waals surface area (Å²) in [7, 11) is 0. The largest absolute Gasteiger partial charge is 0.358 e. The Morgan fingerprint density at radius 3 is 2.73 bits per heavy atom. The number of H-pyrrole nitrogens is 1. The number of nitrogens with zero attached hydrogens (tertiary/aromatic N) is 4. The summed E-state index contributed by atoms with van der Waals surface area (Å²) in [6, 6.07) is 1.81. The molecule has 1 fully saturated rings. The first-order valence-corrected chi connectivity index (χ1v) is 10.3. The molecular formula is C21H26F2N6O. The van der Waals surface area contributed by atoms with E-state index in [1.165, 1.54) is 0 Å². The molecule has 0 saturated heterocycles. The molecule has 0 radical (unpaired) electrons. The quantitative estimate of drug-likeness (QED) is 0.633. The summed E-state index contributed by atoms with van der Waals surface area (Å²) in [6.45, 7) is 3.25. The van der Waals surface area contributed by atoms with Gasteiger partial charge in [-0.2, -0.15) is 0 Å². The monoisotopic (exact) mass is 416 g/mol. The molecule has 0 aliphatic heterocycles. The van der Waals surface area contributed by atoms with Crippen molar-refractivity contribution in [2.24, 2.45) is 11.3 Å².